The van der Waals surface area contributed by atoms with Gasteiger partial charge in [0, 0.05) is 17.5 Å². The zero-order chi connectivity index (χ0) is 20.4. The highest BCUT2D eigenvalue weighted by molar-refractivity contribution is 8.00. The molecule has 3 heterocycles. The van der Waals surface area contributed by atoms with Gasteiger partial charge in [-0.3, -0.25) is 4.79 Å². The third kappa shape index (κ3) is 4.02. The van der Waals surface area contributed by atoms with E-state index in [0.29, 0.717) is 17.4 Å². The topological polar surface area (TPSA) is 85.8 Å². The van der Waals surface area contributed by atoms with E-state index in [4.69, 9.17) is 4.42 Å². The fraction of sp³-hybridized carbons (Fsp3) is 0.238. The second-order valence-electron chi connectivity index (χ2n) is 6.85. The lowest BCUT2D eigenvalue weighted by atomic mass is 10.2. The maximum atomic E-state index is 12.8. The molecule has 1 amide bonds. The van der Waals surface area contributed by atoms with Gasteiger partial charge in [-0.1, -0.05) is 30.0 Å². The molecule has 0 aliphatic heterocycles. The molecule has 0 radical (unpaired) electrons. The number of carbonyl (C=O) groups is 1. The molecule has 0 saturated heterocycles. The summed E-state index contributed by atoms with van der Waals surface area (Å²) < 4.78 is 7.24. The van der Waals surface area contributed by atoms with E-state index in [1.807, 2.05) is 51.1 Å². The van der Waals surface area contributed by atoms with E-state index in [1.165, 1.54) is 11.8 Å². The number of hydrogen-bond acceptors (Lipinski definition) is 6. The van der Waals surface area contributed by atoms with E-state index in [0.717, 1.165) is 15.9 Å². The normalized spacial score (nSPS) is 12.4. The van der Waals surface area contributed by atoms with E-state index in [9.17, 15) is 4.79 Å². The molecule has 0 bridgehead atoms. The highest BCUT2D eigenvalue weighted by Gasteiger charge is 2.20. The van der Waals surface area contributed by atoms with Gasteiger partial charge in [0.05, 0.1) is 23.2 Å². The van der Waals surface area contributed by atoms with Gasteiger partial charge in [-0.2, -0.15) is 5.10 Å². The van der Waals surface area contributed by atoms with Crippen LogP contribution >= 0.6 is 11.8 Å². The van der Waals surface area contributed by atoms with Gasteiger partial charge >= 0.3 is 0 Å². The van der Waals surface area contributed by atoms with Crippen LogP contribution in [-0.2, 0) is 4.79 Å². The number of furan rings is 1. The summed E-state index contributed by atoms with van der Waals surface area (Å²) in [5, 5.41) is 8.49. The standard InChI is InChI=1S/C21H21N5O2S/c1-13(2)26-18(10-11-22-26)24-20(27)14(3)29-21-15-7-4-5-8-16(15)23-19(25-21)17-9-6-12-28-17/h4-14H,1-3H3,(H,24,27). The molecule has 4 aromatic rings. The molecule has 1 atom stereocenters. The van der Waals surface area contributed by atoms with Crippen molar-refractivity contribution in [2.45, 2.75) is 37.1 Å². The molecule has 1 N–H and O–H groups in total. The number of amides is 1. The summed E-state index contributed by atoms with van der Waals surface area (Å²) in [4.78, 5) is 22.1. The molecule has 0 spiro atoms. The lowest BCUT2D eigenvalue weighted by Gasteiger charge is -2.15. The smallest absolute Gasteiger partial charge is 0.238 e. The van der Waals surface area contributed by atoms with Crippen LogP contribution in [0.4, 0.5) is 5.82 Å². The summed E-state index contributed by atoms with van der Waals surface area (Å²) in [5.74, 6) is 1.66. The Labute approximate surface area is 172 Å². The average molecular weight is 407 g/mol. The first-order valence-electron chi connectivity index (χ1n) is 9.34. The number of benzene rings is 1. The first kappa shape index (κ1) is 19.2. The Morgan fingerprint density at radius 1 is 1.10 bits per heavy atom. The van der Waals surface area contributed by atoms with Crippen LogP contribution in [0, 0.1) is 0 Å². The van der Waals surface area contributed by atoms with Crippen molar-refractivity contribution in [2.24, 2.45) is 0 Å². The molecule has 148 valence electrons. The van der Waals surface area contributed by atoms with Crippen molar-refractivity contribution < 1.29 is 9.21 Å². The summed E-state index contributed by atoms with van der Waals surface area (Å²) in [6.07, 6.45) is 3.27. The molecule has 0 saturated carbocycles. The molecule has 4 rings (SSSR count). The van der Waals surface area contributed by atoms with Crippen molar-refractivity contribution in [1.29, 1.82) is 0 Å². The molecule has 0 aliphatic carbocycles. The van der Waals surface area contributed by atoms with E-state index >= 15 is 0 Å². The fourth-order valence-corrected chi connectivity index (χ4v) is 3.87. The Kier molecular flexibility index (Phi) is 5.35. The van der Waals surface area contributed by atoms with Gasteiger partial charge in [0.2, 0.25) is 5.91 Å². The number of para-hydroxylation sites is 1. The molecule has 29 heavy (non-hydrogen) atoms. The molecular weight excluding hydrogens is 386 g/mol. The van der Waals surface area contributed by atoms with Gasteiger partial charge < -0.3 is 9.73 Å². The fourth-order valence-electron chi connectivity index (χ4n) is 2.93. The predicted octanol–water partition coefficient (Wildman–Crippen LogP) is 4.79. The number of anilines is 1. The zero-order valence-corrected chi connectivity index (χ0v) is 17.2. The largest absolute Gasteiger partial charge is 0.461 e. The number of aromatic nitrogens is 4. The van der Waals surface area contributed by atoms with Crippen molar-refractivity contribution in [3.8, 4) is 11.6 Å². The van der Waals surface area contributed by atoms with Gasteiger partial charge in [-0.25, -0.2) is 14.6 Å². The second kappa shape index (κ2) is 8.08. The van der Waals surface area contributed by atoms with Gasteiger partial charge in [0.15, 0.2) is 11.6 Å². The highest BCUT2D eigenvalue weighted by atomic mass is 32.2. The van der Waals surface area contributed by atoms with Crippen molar-refractivity contribution in [3.05, 3.63) is 54.9 Å². The van der Waals surface area contributed by atoms with Crippen LogP contribution in [0.25, 0.3) is 22.5 Å². The van der Waals surface area contributed by atoms with Gasteiger partial charge in [0.1, 0.15) is 10.8 Å². The Balaban J connectivity index is 1.61. The number of thioether (sulfide) groups is 1. The summed E-state index contributed by atoms with van der Waals surface area (Å²) in [6.45, 7) is 5.90. The molecule has 3 aromatic heterocycles. The Bertz CT molecular complexity index is 1140. The number of hydrogen-bond donors (Lipinski definition) is 1. The number of rotatable bonds is 6. The minimum atomic E-state index is -0.367. The summed E-state index contributed by atoms with van der Waals surface area (Å²) >= 11 is 1.39. The van der Waals surface area contributed by atoms with Crippen LogP contribution in [0.2, 0.25) is 0 Å². The second-order valence-corrected chi connectivity index (χ2v) is 8.18. The Morgan fingerprint density at radius 2 is 1.93 bits per heavy atom. The van der Waals surface area contributed by atoms with Crippen LogP contribution in [0.5, 0.6) is 0 Å². The van der Waals surface area contributed by atoms with Gasteiger partial charge in [-0.05, 0) is 39.0 Å². The Hall–Kier alpha value is -3.13. The third-order valence-corrected chi connectivity index (χ3v) is 5.48. The first-order chi connectivity index (χ1) is 14.0. The highest BCUT2D eigenvalue weighted by Crippen LogP contribution is 2.31. The lowest BCUT2D eigenvalue weighted by molar-refractivity contribution is -0.115. The number of fused-ring (bicyclic) bond motifs is 1. The van der Waals surface area contributed by atoms with Crippen molar-refractivity contribution in [2.75, 3.05) is 5.32 Å². The Morgan fingerprint density at radius 3 is 2.69 bits per heavy atom. The minimum Gasteiger partial charge on any atom is -0.461 e. The van der Waals surface area contributed by atoms with Gasteiger partial charge in [0.25, 0.3) is 0 Å². The average Bonchev–Trinajstić information content (AvgIpc) is 3.40. The molecule has 0 aliphatic rings. The molecular formula is C21H21N5O2S. The molecule has 1 unspecified atom stereocenters. The maximum absolute atomic E-state index is 12.8. The summed E-state index contributed by atoms with van der Waals surface area (Å²) in [6, 6.07) is 13.3. The van der Waals surface area contributed by atoms with Crippen LogP contribution < -0.4 is 5.32 Å². The van der Waals surface area contributed by atoms with Crippen LogP contribution in [0.15, 0.2) is 64.4 Å². The molecule has 7 nitrogen and oxygen atoms in total. The zero-order valence-electron chi connectivity index (χ0n) is 16.4. The van der Waals surface area contributed by atoms with E-state index in [2.05, 4.69) is 20.4 Å². The first-order valence-corrected chi connectivity index (χ1v) is 10.2. The molecule has 0 fully saturated rings. The van der Waals surface area contributed by atoms with Crippen molar-refractivity contribution in [3.63, 3.8) is 0 Å². The SMILES string of the molecule is CC(Sc1nc(-c2ccco2)nc2ccccc12)C(=O)Nc1ccnn1C(C)C. The van der Waals surface area contributed by atoms with E-state index < -0.39 is 0 Å². The number of nitrogens with zero attached hydrogens (tertiary/aromatic N) is 4. The lowest BCUT2D eigenvalue weighted by Crippen LogP contribution is -2.24. The summed E-state index contributed by atoms with van der Waals surface area (Å²) in [5.41, 5.74) is 0.807. The number of carbonyl (C=O) groups excluding carboxylic acids is 1. The van der Waals surface area contributed by atoms with Crippen LogP contribution in [0.1, 0.15) is 26.8 Å². The maximum Gasteiger partial charge on any atom is 0.238 e. The summed E-state index contributed by atoms with van der Waals surface area (Å²) in [7, 11) is 0. The van der Waals surface area contributed by atoms with E-state index in [1.54, 1.807) is 29.3 Å². The number of nitrogens with one attached hydrogen (secondary N) is 1. The predicted molar refractivity (Wildman–Crippen MR) is 114 cm³/mol. The van der Waals surface area contributed by atoms with Gasteiger partial charge in [-0.15, -0.1) is 0 Å². The van der Waals surface area contributed by atoms with Crippen LogP contribution in [0.3, 0.4) is 0 Å². The minimum absolute atomic E-state index is 0.111. The van der Waals surface area contributed by atoms with Crippen LogP contribution in [-0.4, -0.2) is 30.9 Å². The quantitative estimate of drug-likeness (QED) is 0.365. The third-order valence-electron chi connectivity index (χ3n) is 4.38. The van der Waals surface area contributed by atoms with E-state index in [-0.39, 0.29) is 17.2 Å². The van der Waals surface area contributed by atoms with Crippen molar-refractivity contribution >= 4 is 34.4 Å². The monoisotopic (exact) mass is 407 g/mol. The van der Waals surface area contributed by atoms with Crippen molar-refractivity contribution in [1.82, 2.24) is 19.7 Å². The molecule has 8 heteroatoms. The molecule has 1 aromatic carbocycles.